The summed E-state index contributed by atoms with van der Waals surface area (Å²) in [5, 5.41) is 6.81. The molecule has 0 spiro atoms. The lowest BCUT2D eigenvalue weighted by Gasteiger charge is -2.19. The molecule has 1 aliphatic rings. The molecule has 0 saturated heterocycles. The maximum absolute atomic E-state index is 5.15. The van der Waals surface area contributed by atoms with Crippen LogP contribution in [0.4, 0.5) is 0 Å². The molecule has 1 fully saturated rings. The van der Waals surface area contributed by atoms with Crippen molar-refractivity contribution in [2.75, 3.05) is 20.7 Å². The van der Waals surface area contributed by atoms with Crippen molar-refractivity contribution in [3.8, 4) is 5.88 Å². The molecule has 0 amide bonds. The first-order valence-corrected chi connectivity index (χ1v) is 8.25. The van der Waals surface area contributed by atoms with Crippen molar-refractivity contribution in [3.63, 3.8) is 0 Å². The van der Waals surface area contributed by atoms with Gasteiger partial charge in [0, 0.05) is 37.8 Å². The number of benzene rings is 1. The van der Waals surface area contributed by atoms with Gasteiger partial charge in [-0.2, -0.15) is 0 Å². The van der Waals surface area contributed by atoms with Gasteiger partial charge in [0.15, 0.2) is 5.96 Å². The number of guanidine groups is 1. The minimum Gasteiger partial charge on any atom is -0.481 e. The lowest BCUT2D eigenvalue weighted by Crippen LogP contribution is -2.40. The summed E-state index contributed by atoms with van der Waals surface area (Å²) in [6.45, 7) is 1.58. The van der Waals surface area contributed by atoms with Crippen molar-refractivity contribution < 1.29 is 4.74 Å². The van der Waals surface area contributed by atoms with E-state index in [2.05, 4.69) is 50.9 Å². The topological polar surface area (TPSA) is 58.5 Å². The van der Waals surface area contributed by atoms with Gasteiger partial charge in [-0.25, -0.2) is 4.98 Å². The highest BCUT2D eigenvalue weighted by atomic mass is 16.5. The molecule has 2 N–H and O–H groups in total. The lowest BCUT2D eigenvalue weighted by molar-refractivity contribution is 0.397. The van der Waals surface area contributed by atoms with Crippen LogP contribution >= 0.6 is 0 Å². The molecular formula is C19H24N4O. The SMILES string of the molecule is CN=C(NCc1ccnc(OC)c1)NCC1(c2ccccc2)CC1. The molecule has 3 rings (SSSR count). The fraction of sp³-hybridized carbons (Fsp3) is 0.368. The van der Waals surface area contributed by atoms with Crippen molar-refractivity contribution >= 4 is 5.96 Å². The van der Waals surface area contributed by atoms with Crippen LogP contribution in [0.15, 0.2) is 53.7 Å². The summed E-state index contributed by atoms with van der Waals surface area (Å²) in [6.07, 6.45) is 4.20. The molecule has 24 heavy (non-hydrogen) atoms. The molecule has 0 bridgehead atoms. The highest BCUT2D eigenvalue weighted by molar-refractivity contribution is 5.79. The van der Waals surface area contributed by atoms with Crippen LogP contribution < -0.4 is 15.4 Å². The Labute approximate surface area is 143 Å². The van der Waals surface area contributed by atoms with Crippen molar-refractivity contribution in [2.45, 2.75) is 24.8 Å². The van der Waals surface area contributed by atoms with E-state index < -0.39 is 0 Å². The van der Waals surface area contributed by atoms with Gasteiger partial charge in [-0.1, -0.05) is 30.3 Å². The highest BCUT2D eigenvalue weighted by Gasteiger charge is 2.43. The number of nitrogens with one attached hydrogen (secondary N) is 2. The van der Waals surface area contributed by atoms with E-state index in [-0.39, 0.29) is 5.41 Å². The fourth-order valence-electron chi connectivity index (χ4n) is 2.84. The van der Waals surface area contributed by atoms with Crippen LogP contribution in [0.1, 0.15) is 24.0 Å². The van der Waals surface area contributed by atoms with Crippen LogP contribution in [0.25, 0.3) is 0 Å². The Hall–Kier alpha value is -2.56. The van der Waals surface area contributed by atoms with Gasteiger partial charge in [0.05, 0.1) is 7.11 Å². The van der Waals surface area contributed by atoms with E-state index in [1.165, 1.54) is 18.4 Å². The number of aromatic nitrogens is 1. The van der Waals surface area contributed by atoms with E-state index in [1.54, 1.807) is 20.4 Å². The van der Waals surface area contributed by atoms with E-state index in [0.29, 0.717) is 12.4 Å². The maximum Gasteiger partial charge on any atom is 0.213 e. The van der Waals surface area contributed by atoms with Gasteiger partial charge < -0.3 is 15.4 Å². The van der Waals surface area contributed by atoms with Crippen LogP contribution in [-0.4, -0.2) is 31.6 Å². The first-order chi connectivity index (χ1) is 11.8. The van der Waals surface area contributed by atoms with Crippen molar-refractivity contribution in [3.05, 3.63) is 59.8 Å². The number of methoxy groups -OCH3 is 1. The smallest absolute Gasteiger partial charge is 0.213 e. The quantitative estimate of drug-likeness (QED) is 0.633. The standard InChI is InChI=1S/C19H24N4O/c1-20-18(22-13-15-8-11-21-17(12-15)24-2)23-14-19(9-10-19)16-6-4-3-5-7-16/h3-8,11-12H,9-10,13-14H2,1-2H3,(H2,20,22,23). The van der Waals surface area contributed by atoms with E-state index in [1.807, 2.05) is 12.1 Å². The largest absolute Gasteiger partial charge is 0.481 e. The van der Waals surface area contributed by atoms with Crippen molar-refractivity contribution in [1.82, 2.24) is 15.6 Å². The summed E-state index contributed by atoms with van der Waals surface area (Å²) in [5.74, 6) is 1.44. The minimum atomic E-state index is 0.263. The zero-order chi connectivity index (χ0) is 16.8. The normalized spacial score (nSPS) is 15.7. The Morgan fingerprint density at radius 1 is 1.21 bits per heavy atom. The summed E-state index contributed by atoms with van der Waals surface area (Å²) >= 11 is 0. The number of ether oxygens (including phenoxy) is 1. The minimum absolute atomic E-state index is 0.263. The van der Waals surface area contributed by atoms with Gasteiger partial charge in [-0.3, -0.25) is 4.99 Å². The first kappa shape index (κ1) is 16.3. The molecule has 1 aromatic heterocycles. The number of nitrogens with zero attached hydrogens (tertiary/aromatic N) is 2. The monoisotopic (exact) mass is 324 g/mol. The molecule has 0 unspecified atom stereocenters. The number of hydrogen-bond donors (Lipinski definition) is 2. The second-order valence-electron chi connectivity index (χ2n) is 6.13. The van der Waals surface area contributed by atoms with Crippen LogP contribution in [0.5, 0.6) is 5.88 Å². The summed E-state index contributed by atoms with van der Waals surface area (Å²) in [4.78, 5) is 8.44. The second kappa shape index (κ2) is 7.34. The van der Waals surface area contributed by atoms with E-state index in [4.69, 9.17) is 4.74 Å². The molecule has 5 heteroatoms. The Morgan fingerprint density at radius 2 is 2.00 bits per heavy atom. The zero-order valence-electron chi connectivity index (χ0n) is 14.2. The molecule has 0 aliphatic heterocycles. The Morgan fingerprint density at radius 3 is 2.67 bits per heavy atom. The summed E-state index contributed by atoms with van der Waals surface area (Å²) < 4.78 is 5.15. The van der Waals surface area contributed by atoms with Gasteiger partial charge in [0.25, 0.3) is 0 Å². The first-order valence-electron chi connectivity index (χ1n) is 8.25. The number of rotatable bonds is 6. The fourth-order valence-corrected chi connectivity index (χ4v) is 2.84. The summed E-state index contributed by atoms with van der Waals surface area (Å²) in [6, 6.07) is 14.6. The van der Waals surface area contributed by atoms with Crippen molar-refractivity contribution in [2.24, 2.45) is 4.99 Å². The predicted molar refractivity (Wildman–Crippen MR) is 96.3 cm³/mol. The number of hydrogen-bond acceptors (Lipinski definition) is 3. The van der Waals surface area contributed by atoms with Crippen LogP contribution in [0.3, 0.4) is 0 Å². The summed E-state index contributed by atoms with van der Waals surface area (Å²) in [5.41, 5.74) is 2.78. The molecule has 1 saturated carbocycles. The van der Waals surface area contributed by atoms with Gasteiger partial charge in [0.1, 0.15) is 0 Å². The maximum atomic E-state index is 5.15. The third kappa shape index (κ3) is 3.85. The number of pyridine rings is 1. The van der Waals surface area contributed by atoms with Gasteiger partial charge in [0.2, 0.25) is 5.88 Å². The molecule has 5 nitrogen and oxygen atoms in total. The highest BCUT2D eigenvalue weighted by Crippen LogP contribution is 2.47. The Kier molecular flexibility index (Phi) is 4.99. The van der Waals surface area contributed by atoms with Crippen LogP contribution in [0.2, 0.25) is 0 Å². The van der Waals surface area contributed by atoms with E-state index in [9.17, 15) is 0 Å². The van der Waals surface area contributed by atoms with Crippen LogP contribution in [0, 0.1) is 0 Å². The van der Waals surface area contributed by atoms with E-state index in [0.717, 1.165) is 18.1 Å². The van der Waals surface area contributed by atoms with Gasteiger partial charge in [-0.05, 0) is 30.0 Å². The zero-order valence-corrected chi connectivity index (χ0v) is 14.2. The molecule has 0 radical (unpaired) electrons. The Balaban J connectivity index is 1.54. The van der Waals surface area contributed by atoms with Gasteiger partial charge >= 0.3 is 0 Å². The van der Waals surface area contributed by atoms with E-state index >= 15 is 0 Å². The molecule has 1 heterocycles. The Bertz CT molecular complexity index is 696. The molecule has 1 aliphatic carbocycles. The number of aliphatic imine (C=N–C) groups is 1. The molecular weight excluding hydrogens is 300 g/mol. The third-order valence-corrected chi connectivity index (χ3v) is 4.53. The lowest BCUT2D eigenvalue weighted by atomic mass is 9.96. The van der Waals surface area contributed by atoms with Gasteiger partial charge in [-0.15, -0.1) is 0 Å². The molecule has 0 atom stereocenters. The average molecular weight is 324 g/mol. The predicted octanol–water partition coefficient (Wildman–Crippen LogP) is 2.49. The van der Waals surface area contributed by atoms with Crippen molar-refractivity contribution in [1.29, 1.82) is 0 Å². The average Bonchev–Trinajstić information content (AvgIpc) is 3.44. The van der Waals surface area contributed by atoms with Crippen LogP contribution in [-0.2, 0) is 12.0 Å². The molecule has 2 aromatic rings. The molecule has 1 aromatic carbocycles. The summed E-state index contributed by atoms with van der Waals surface area (Å²) in [7, 11) is 3.42. The third-order valence-electron chi connectivity index (χ3n) is 4.53. The second-order valence-corrected chi connectivity index (χ2v) is 6.13. The molecule has 126 valence electrons.